The molecule has 0 aromatic rings. The van der Waals surface area contributed by atoms with Crippen molar-refractivity contribution in [1.82, 2.24) is 4.90 Å². The van der Waals surface area contributed by atoms with Crippen LogP contribution in [0.15, 0.2) is 0 Å². The van der Waals surface area contributed by atoms with E-state index in [1.807, 2.05) is 0 Å². The summed E-state index contributed by atoms with van der Waals surface area (Å²) in [7, 11) is 0. The first-order valence-corrected chi connectivity index (χ1v) is 8.20. The molecule has 1 unspecified atom stereocenters. The number of nitrogens with two attached hydrogens (primary N) is 1. The van der Waals surface area contributed by atoms with Gasteiger partial charge in [-0.2, -0.15) is 0 Å². The molecule has 2 aliphatic rings. The summed E-state index contributed by atoms with van der Waals surface area (Å²) in [4.78, 5) is 2.71. The normalized spacial score (nSPS) is 28.7. The lowest BCUT2D eigenvalue weighted by atomic mass is 9.66. The van der Waals surface area contributed by atoms with Crippen LogP contribution < -0.4 is 5.73 Å². The second kappa shape index (κ2) is 6.91. The molecule has 2 N–H and O–H groups in total. The van der Waals surface area contributed by atoms with E-state index < -0.39 is 0 Å². The van der Waals surface area contributed by atoms with Gasteiger partial charge in [-0.1, -0.05) is 26.2 Å². The molecule has 1 atom stereocenters. The molecule has 0 aromatic heterocycles. The van der Waals surface area contributed by atoms with Crippen molar-refractivity contribution < 1.29 is 0 Å². The lowest BCUT2D eigenvalue weighted by molar-refractivity contribution is 0.106. The van der Waals surface area contributed by atoms with Crippen LogP contribution in [0.1, 0.15) is 64.7 Å². The van der Waals surface area contributed by atoms with E-state index in [0.717, 1.165) is 12.5 Å². The maximum atomic E-state index is 5.96. The Hall–Kier alpha value is -0.0800. The molecule has 2 rings (SSSR count). The molecule has 2 heteroatoms. The summed E-state index contributed by atoms with van der Waals surface area (Å²) in [6.45, 7) is 7.21. The van der Waals surface area contributed by atoms with E-state index in [-0.39, 0.29) is 0 Å². The zero-order valence-corrected chi connectivity index (χ0v) is 12.3. The number of hydrogen-bond acceptors (Lipinski definition) is 2. The molecule has 0 spiro atoms. The first-order chi connectivity index (χ1) is 8.78. The van der Waals surface area contributed by atoms with E-state index in [9.17, 15) is 0 Å². The van der Waals surface area contributed by atoms with Gasteiger partial charge in [0, 0.05) is 0 Å². The predicted octanol–water partition coefficient (Wildman–Crippen LogP) is 3.41. The van der Waals surface area contributed by atoms with Gasteiger partial charge in [0.05, 0.1) is 0 Å². The Morgan fingerprint density at radius 3 is 2.61 bits per heavy atom. The highest BCUT2D eigenvalue weighted by Gasteiger charge is 2.35. The largest absolute Gasteiger partial charge is 0.330 e. The molecular weight excluding hydrogens is 220 g/mol. The van der Waals surface area contributed by atoms with Gasteiger partial charge < -0.3 is 10.6 Å². The van der Waals surface area contributed by atoms with Crippen LogP contribution in [0.2, 0.25) is 0 Å². The third kappa shape index (κ3) is 3.71. The highest BCUT2D eigenvalue weighted by molar-refractivity contribution is 4.89. The molecular formula is C16H32N2. The van der Waals surface area contributed by atoms with Gasteiger partial charge >= 0.3 is 0 Å². The molecule has 0 amide bonds. The van der Waals surface area contributed by atoms with Crippen LogP contribution >= 0.6 is 0 Å². The molecule has 2 fully saturated rings. The SMILES string of the molecule is CCCC1CCCN(CCC2(CN)CCC2)CC1. The van der Waals surface area contributed by atoms with Gasteiger partial charge in [0.15, 0.2) is 0 Å². The molecule has 1 aliphatic carbocycles. The maximum absolute atomic E-state index is 5.96. The Morgan fingerprint density at radius 1 is 1.17 bits per heavy atom. The van der Waals surface area contributed by atoms with Crippen LogP contribution in [-0.4, -0.2) is 31.1 Å². The summed E-state index contributed by atoms with van der Waals surface area (Å²) in [5.74, 6) is 1.01. The summed E-state index contributed by atoms with van der Waals surface area (Å²) in [5, 5.41) is 0. The van der Waals surface area contributed by atoms with Crippen molar-refractivity contribution in [1.29, 1.82) is 0 Å². The molecule has 2 nitrogen and oxygen atoms in total. The topological polar surface area (TPSA) is 29.3 Å². The minimum atomic E-state index is 0.537. The molecule has 0 radical (unpaired) electrons. The van der Waals surface area contributed by atoms with Gasteiger partial charge in [-0.05, 0) is 76.0 Å². The van der Waals surface area contributed by atoms with Crippen LogP contribution in [0.25, 0.3) is 0 Å². The van der Waals surface area contributed by atoms with E-state index in [1.165, 1.54) is 77.4 Å². The summed E-state index contributed by atoms with van der Waals surface area (Å²) in [5.41, 5.74) is 6.50. The third-order valence-corrected chi connectivity index (χ3v) is 5.44. The fraction of sp³-hybridized carbons (Fsp3) is 1.00. The minimum absolute atomic E-state index is 0.537. The highest BCUT2D eigenvalue weighted by Crippen LogP contribution is 2.43. The highest BCUT2D eigenvalue weighted by atomic mass is 15.1. The summed E-state index contributed by atoms with van der Waals surface area (Å²) < 4.78 is 0. The molecule has 1 heterocycles. The zero-order chi connectivity index (χ0) is 12.8. The van der Waals surface area contributed by atoms with E-state index >= 15 is 0 Å². The number of hydrogen-bond donors (Lipinski definition) is 1. The first-order valence-electron chi connectivity index (χ1n) is 8.20. The monoisotopic (exact) mass is 252 g/mol. The first kappa shape index (κ1) is 14.3. The quantitative estimate of drug-likeness (QED) is 0.785. The van der Waals surface area contributed by atoms with E-state index in [0.29, 0.717) is 5.41 Å². The summed E-state index contributed by atoms with van der Waals surface area (Å²) >= 11 is 0. The van der Waals surface area contributed by atoms with Crippen LogP contribution in [0, 0.1) is 11.3 Å². The maximum Gasteiger partial charge on any atom is -0.00130 e. The number of likely N-dealkylation sites (tertiary alicyclic amines) is 1. The van der Waals surface area contributed by atoms with Crippen LogP contribution in [0.4, 0.5) is 0 Å². The van der Waals surface area contributed by atoms with Crippen molar-refractivity contribution in [2.24, 2.45) is 17.1 Å². The fourth-order valence-electron chi connectivity index (χ4n) is 3.77. The average Bonchev–Trinajstić information content (AvgIpc) is 2.55. The van der Waals surface area contributed by atoms with E-state index in [1.54, 1.807) is 0 Å². The third-order valence-electron chi connectivity index (χ3n) is 5.44. The van der Waals surface area contributed by atoms with Crippen molar-refractivity contribution in [3.05, 3.63) is 0 Å². The van der Waals surface area contributed by atoms with Gasteiger partial charge in [-0.3, -0.25) is 0 Å². The van der Waals surface area contributed by atoms with Crippen molar-refractivity contribution in [3.63, 3.8) is 0 Å². The van der Waals surface area contributed by atoms with Gasteiger partial charge in [-0.15, -0.1) is 0 Å². The van der Waals surface area contributed by atoms with E-state index in [4.69, 9.17) is 5.73 Å². The second-order valence-electron chi connectivity index (χ2n) is 6.73. The van der Waals surface area contributed by atoms with Crippen LogP contribution in [-0.2, 0) is 0 Å². The minimum Gasteiger partial charge on any atom is -0.330 e. The van der Waals surface area contributed by atoms with Gasteiger partial charge in [0.25, 0.3) is 0 Å². The Labute approximate surface area is 113 Å². The van der Waals surface area contributed by atoms with Gasteiger partial charge in [-0.25, -0.2) is 0 Å². The Morgan fingerprint density at radius 2 is 2.00 bits per heavy atom. The molecule has 106 valence electrons. The standard InChI is InChI=1S/C16H32N2/c1-2-5-15-6-3-11-18(12-7-15)13-10-16(14-17)8-4-9-16/h15H,2-14,17H2,1H3. The van der Waals surface area contributed by atoms with Crippen molar-refractivity contribution in [2.45, 2.75) is 64.7 Å². The number of rotatable bonds is 6. The molecule has 1 saturated heterocycles. The van der Waals surface area contributed by atoms with E-state index in [2.05, 4.69) is 11.8 Å². The molecule has 1 saturated carbocycles. The van der Waals surface area contributed by atoms with Gasteiger partial charge in [0.2, 0.25) is 0 Å². The van der Waals surface area contributed by atoms with Crippen LogP contribution in [0.5, 0.6) is 0 Å². The Balaban J connectivity index is 1.70. The molecule has 0 bridgehead atoms. The molecule has 0 aromatic carbocycles. The molecule has 1 aliphatic heterocycles. The number of nitrogens with zero attached hydrogens (tertiary/aromatic N) is 1. The van der Waals surface area contributed by atoms with Crippen molar-refractivity contribution >= 4 is 0 Å². The van der Waals surface area contributed by atoms with Crippen molar-refractivity contribution in [2.75, 3.05) is 26.2 Å². The average molecular weight is 252 g/mol. The zero-order valence-electron chi connectivity index (χ0n) is 12.3. The Kier molecular flexibility index (Phi) is 5.50. The van der Waals surface area contributed by atoms with Crippen LogP contribution in [0.3, 0.4) is 0 Å². The van der Waals surface area contributed by atoms with Gasteiger partial charge in [0.1, 0.15) is 0 Å². The lowest BCUT2D eigenvalue weighted by Crippen LogP contribution is -2.40. The molecule has 18 heavy (non-hydrogen) atoms. The lowest BCUT2D eigenvalue weighted by Gasteiger charge is -2.42. The predicted molar refractivity (Wildman–Crippen MR) is 78.6 cm³/mol. The summed E-state index contributed by atoms with van der Waals surface area (Å²) in [6, 6.07) is 0. The fourth-order valence-corrected chi connectivity index (χ4v) is 3.77. The van der Waals surface area contributed by atoms with Crippen molar-refractivity contribution in [3.8, 4) is 0 Å². The smallest absolute Gasteiger partial charge is 0.00130 e. The second-order valence-corrected chi connectivity index (χ2v) is 6.73. The summed E-state index contributed by atoms with van der Waals surface area (Å²) in [6.07, 6.45) is 12.7. The Bertz CT molecular complexity index is 230.